The maximum absolute atomic E-state index is 13.3. The van der Waals surface area contributed by atoms with Crippen molar-refractivity contribution in [2.24, 2.45) is 11.8 Å². The summed E-state index contributed by atoms with van der Waals surface area (Å²) in [5, 5.41) is 4.25. The molecule has 0 bridgehead atoms. The number of rotatable bonds is 10. The first kappa shape index (κ1) is 24.7. The van der Waals surface area contributed by atoms with Crippen molar-refractivity contribution in [1.82, 2.24) is 10.3 Å². The van der Waals surface area contributed by atoms with Crippen molar-refractivity contribution >= 4 is 26.6 Å². The molecule has 0 aliphatic carbocycles. The highest BCUT2D eigenvalue weighted by molar-refractivity contribution is 7.92. The van der Waals surface area contributed by atoms with Crippen LogP contribution in [0.1, 0.15) is 57.1 Å². The normalized spacial score (nSPS) is 15.1. The minimum atomic E-state index is -3.70. The smallest absolute Gasteiger partial charge is 0.261 e. The number of nitrogens with zero attached hydrogens (tertiary/aromatic N) is 1. The molecule has 1 aliphatic heterocycles. The number of piperidine rings is 1. The van der Waals surface area contributed by atoms with Gasteiger partial charge in [0.15, 0.2) is 0 Å². The van der Waals surface area contributed by atoms with Gasteiger partial charge in [-0.1, -0.05) is 44.9 Å². The van der Waals surface area contributed by atoms with Crippen molar-refractivity contribution in [3.8, 4) is 0 Å². The molecule has 0 radical (unpaired) electrons. The van der Waals surface area contributed by atoms with E-state index in [1.165, 1.54) is 31.2 Å². The second-order valence-electron chi connectivity index (χ2n) is 9.96. The zero-order valence-electron chi connectivity index (χ0n) is 20.4. The number of aromatic nitrogens is 1. The van der Waals surface area contributed by atoms with Crippen LogP contribution >= 0.6 is 0 Å². The molecular formula is C28H37N3O2S. The highest BCUT2D eigenvalue weighted by Crippen LogP contribution is 2.30. The Balaban J connectivity index is 1.44. The molecule has 2 N–H and O–H groups in total. The third-order valence-corrected chi connectivity index (χ3v) is 8.12. The van der Waals surface area contributed by atoms with E-state index in [9.17, 15) is 8.42 Å². The minimum absolute atomic E-state index is 0.294. The number of fused-ring (bicyclic) bond motifs is 1. The Morgan fingerprint density at radius 1 is 1.03 bits per heavy atom. The first-order valence-corrected chi connectivity index (χ1v) is 14.1. The number of anilines is 1. The summed E-state index contributed by atoms with van der Waals surface area (Å²) in [6.07, 6.45) is 9.79. The largest absolute Gasteiger partial charge is 0.317 e. The van der Waals surface area contributed by atoms with Crippen molar-refractivity contribution in [2.75, 3.05) is 17.8 Å². The van der Waals surface area contributed by atoms with Crippen LogP contribution in [-0.2, 0) is 22.9 Å². The fourth-order valence-corrected chi connectivity index (χ4v) is 6.01. The summed E-state index contributed by atoms with van der Waals surface area (Å²) < 4.78 is 29.5. The van der Waals surface area contributed by atoms with Crippen molar-refractivity contribution < 1.29 is 8.42 Å². The number of pyridine rings is 1. The van der Waals surface area contributed by atoms with Crippen molar-refractivity contribution in [3.05, 3.63) is 65.9 Å². The molecule has 0 amide bonds. The quantitative estimate of drug-likeness (QED) is 0.353. The Bertz CT molecular complexity index is 1180. The predicted molar refractivity (Wildman–Crippen MR) is 141 cm³/mol. The van der Waals surface area contributed by atoms with E-state index in [0.717, 1.165) is 54.7 Å². The lowest BCUT2D eigenvalue weighted by atomic mass is 9.92. The molecular weight excluding hydrogens is 442 g/mol. The second kappa shape index (κ2) is 11.3. The minimum Gasteiger partial charge on any atom is -0.317 e. The summed E-state index contributed by atoms with van der Waals surface area (Å²) in [7, 11) is -3.70. The van der Waals surface area contributed by atoms with Crippen LogP contribution < -0.4 is 10.0 Å². The van der Waals surface area contributed by atoms with Crippen LogP contribution in [0.15, 0.2) is 59.6 Å². The Labute approximate surface area is 204 Å². The van der Waals surface area contributed by atoms with Crippen LogP contribution in [0.2, 0.25) is 0 Å². The molecule has 1 aromatic heterocycles. The monoisotopic (exact) mass is 479 g/mol. The number of benzene rings is 2. The van der Waals surface area contributed by atoms with Crippen LogP contribution in [0.25, 0.3) is 10.9 Å². The lowest BCUT2D eigenvalue weighted by molar-refractivity contribution is 0.344. The molecule has 0 unspecified atom stereocenters. The number of unbranched alkanes of at least 4 members (excludes halogenated alkanes) is 1. The fourth-order valence-electron chi connectivity index (χ4n) is 4.89. The van der Waals surface area contributed by atoms with E-state index in [4.69, 9.17) is 0 Å². The summed E-state index contributed by atoms with van der Waals surface area (Å²) in [6, 6.07) is 15.1. The van der Waals surface area contributed by atoms with Crippen molar-refractivity contribution in [1.29, 1.82) is 0 Å². The first-order valence-electron chi connectivity index (χ1n) is 12.6. The molecule has 1 saturated heterocycles. The molecule has 0 atom stereocenters. The molecule has 0 saturated carbocycles. The molecule has 4 rings (SSSR count). The van der Waals surface area contributed by atoms with E-state index < -0.39 is 10.0 Å². The van der Waals surface area contributed by atoms with Crippen LogP contribution in [0.5, 0.6) is 0 Å². The van der Waals surface area contributed by atoms with Gasteiger partial charge in [0.2, 0.25) is 0 Å². The highest BCUT2D eigenvalue weighted by atomic mass is 32.2. The van der Waals surface area contributed by atoms with Gasteiger partial charge < -0.3 is 5.32 Å². The lowest BCUT2D eigenvalue weighted by Gasteiger charge is -2.22. The van der Waals surface area contributed by atoms with Gasteiger partial charge >= 0.3 is 0 Å². The first-order chi connectivity index (χ1) is 16.4. The third-order valence-electron chi connectivity index (χ3n) is 6.76. The van der Waals surface area contributed by atoms with Crippen LogP contribution in [0.4, 0.5) is 5.69 Å². The third kappa shape index (κ3) is 6.36. The summed E-state index contributed by atoms with van der Waals surface area (Å²) in [5.74, 6) is 1.27. The molecule has 182 valence electrons. The summed E-state index contributed by atoms with van der Waals surface area (Å²) in [5.41, 5.74) is 3.61. The average molecular weight is 480 g/mol. The maximum atomic E-state index is 13.3. The van der Waals surface area contributed by atoms with Gasteiger partial charge in [0.05, 0.1) is 16.1 Å². The lowest BCUT2D eigenvalue weighted by Crippen LogP contribution is -2.27. The van der Waals surface area contributed by atoms with Gasteiger partial charge in [0.1, 0.15) is 0 Å². The Kier molecular flexibility index (Phi) is 8.22. The van der Waals surface area contributed by atoms with E-state index in [2.05, 4.69) is 28.9 Å². The SMILES string of the molecule is CC(C)Cc1ccc2ncccc2c1NS(=O)(=O)c1ccc(CCCCC2CCNCC2)cc1. The zero-order chi connectivity index (χ0) is 24.0. The molecule has 3 aromatic rings. The molecule has 2 heterocycles. The maximum Gasteiger partial charge on any atom is 0.261 e. The summed E-state index contributed by atoms with van der Waals surface area (Å²) in [4.78, 5) is 4.70. The number of hydrogen-bond acceptors (Lipinski definition) is 4. The topological polar surface area (TPSA) is 71.1 Å². The molecule has 1 aliphatic rings. The molecule has 0 spiro atoms. The van der Waals surface area contributed by atoms with Gasteiger partial charge in [-0.3, -0.25) is 9.71 Å². The van der Waals surface area contributed by atoms with Gasteiger partial charge in [0, 0.05) is 11.6 Å². The zero-order valence-corrected chi connectivity index (χ0v) is 21.2. The highest BCUT2D eigenvalue weighted by Gasteiger charge is 2.19. The second-order valence-corrected chi connectivity index (χ2v) is 11.6. The van der Waals surface area contributed by atoms with E-state index in [0.29, 0.717) is 16.5 Å². The van der Waals surface area contributed by atoms with Crippen molar-refractivity contribution in [2.45, 2.75) is 63.7 Å². The number of hydrogen-bond donors (Lipinski definition) is 2. The summed E-state index contributed by atoms with van der Waals surface area (Å²) in [6.45, 7) is 6.58. The van der Waals surface area contributed by atoms with Crippen molar-refractivity contribution in [3.63, 3.8) is 0 Å². The number of nitrogens with one attached hydrogen (secondary N) is 2. The van der Waals surface area contributed by atoms with Gasteiger partial charge in [-0.15, -0.1) is 0 Å². The standard InChI is InChI=1S/C28H37N3O2S/c1-21(2)20-24-11-14-27-26(8-5-17-30-27)28(24)31-34(32,33)25-12-9-22(10-13-25)6-3-4-7-23-15-18-29-19-16-23/h5,8-14,17,21,23,29,31H,3-4,6-7,15-16,18-20H2,1-2H3. The Morgan fingerprint density at radius 3 is 2.53 bits per heavy atom. The Morgan fingerprint density at radius 2 is 1.79 bits per heavy atom. The predicted octanol–water partition coefficient (Wildman–Crippen LogP) is 5.95. The summed E-state index contributed by atoms with van der Waals surface area (Å²) >= 11 is 0. The average Bonchev–Trinajstić information content (AvgIpc) is 2.84. The molecule has 1 fully saturated rings. The fraction of sp³-hybridized carbons (Fsp3) is 0.464. The molecule has 34 heavy (non-hydrogen) atoms. The number of sulfonamides is 1. The van der Waals surface area contributed by atoms with Gasteiger partial charge in [-0.2, -0.15) is 0 Å². The molecule has 2 aromatic carbocycles. The van der Waals surface area contributed by atoms with Gasteiger partial charge in [-0.25, -0.2) is 8.42 Å². The molecule has 5 nitrogen and oxygen atoms in total. The Hall–Kier alpha value is -2.44. The van der Waals surface area contributed by atoms with Crippen LogP contribution in [0, 0.1) is 11.8 Å². The van der Waals surface area contributed by atoms with E-state index >= 15 is 0 Å². The van der Waals surface area contributed by atoms with E-state index in [-0.39, 0.29) is 0 Å². The van der Waals surface area contributed by atoms with Crippen LogP contribution in [-0.4, -0.2) is 26.5 Å². The van der Waals surface area contributed by atoms with Gasteiger partial charge in [-0.05, 0) is 98.5 Å². The molecule has 6 heteroatoms. The van der Waals surface area contributed by atoms with Gasteiger partial charge in [0.25, 0.3) is 10.0 Å². The van der Waals surface area contributed by atoms with E-state index in [1.807, 2.05) is 36.4 Å². The number of aryl methyl sites for hydroxylation is 1. The van der Waals surface area contributed by atoms with Crippen LogP contribution in [0.3, 0.4) is 0 Å². The van der Waals surface area contributed by atoms with E-state index in [1.54, 1.807) is 18.3 Å².